The van der Waals surface area contributed by atoms with E-state index in [-0.39, 0.29) is 41.4 Å². The second-order valence-corrected chi connectivity index (χ2v) is 7.55. The molecule has 1 heterocycles. The first-order valence-corrected chi connectivity index (χ1v) is 9.45. The van der Waals surface area contributed by atoms with Crippen LogP contribution >= 0.6 is 24.0 Å². The van der Waals surface area contributed by atoms with E-state index >= 15 is 0 Å². The highest BCUT2D eigenvalue weighted by atomic mass is 127. The average molecular weight is 486 g/mol. The number of guanidine groups is 1. The predicted octanol–water partition coefficient (Wildman–Crippen LogP) is 2.42. The number of benzene rings is 1. The molecule has 2 N–H and O–H groups in total. The number of nitrogens with zero attached hydrogens (tertiary/aromatic N) is 2. The van der Waals surface area contributed by atoms with Crippen LogP contribution in [0.15, 0.2) is 29.3 Å². The molecular weight excluding hydrogens is 455 g/mol. The van der Waals surface area contributed by atoms with Gasteiger partial charge in [-0.25, -0.2) is 0 Å². The summed E-state index contributed by atoms with van der Waals surface area (Å²) in [6.45, 7) is 1.30. The Bertz CT molecular complexity index is 647. The van der Waals surface area contributed by atoms with Crippen LogP contribution < -0.4 is 15.4 Å². The minimum absolute atomic E-state index is 0. The van der Waals surface area contributed by atoms with Crippen LogP contribution in [0.4, 0.5) is 0 Å². The first kappa shape index (κ1) is 21.8. The molecular formula is C20H31IN4O2. The fourth-order valence-corrected chi connectivity index (χ4v) is 4.04. The average Bonchev–Trinajstić information content (AvgIpc) is 3.28. The molecule has 0 bridgehead atoms. The van der Waals surface area contributed by atoms with Gasteiger partial charge in [-0.3, -0.25) is 9.79 Å². The molecule has 0 spiro atoms. The summed E-state index contributed by atoms with van der Waals surface area (Å²) in [5.41, 5.74) is 0.949. The van der Waals surface area contributed by atoms with Crippen LogP contribution in [-0.4, -0.2) is 57.1 Å². The molecule has 150 valence electrons. The SMILES string of the molecule is CN=C(NCC1Cc2ccccc2O1)NCC1(C(=O)N(C)C)CCCC1.I. The van der Waals surface area contributed by atoms with Gasteiger partial charge in [0.15, 0.2) is 5.96 Å². The van der Waals surface area contributed by atoms with Crippen molar-refractivity contribution < 1.29 is 9.53 Å². The second kappa shape index (κ2) is 9.61. The Balaban J connectivity index is 0.00000261. The lowest BCUT2D eigenvalue weighted by molar-refractivity contribution is -0.138. The van der Waals surface area contributed by atoms with E-state index in [2.05, 4.69) is 21.7 Å². The minimum Gasteiger partial charge on any atom is -0.488 e. The van der Waals surface area contributed by atoms with Gasteiger partial charge in [0.2, 0.25) is 5.91 Å². The van der Waals surface area contributed by atoms with Gasteiger partial charge in [-0.1, -0.05) is 31.0 Å². The first-order valence-electron chi connectivity index (χ1n) is 9.45. The Labute approximate surface area is 179 Å². The molecule has 1 unspecified atom stereocenters. The summed E-state index contributed by atoms with van der Waals surface area (Å²) < 4.78 is 5.96. The number of ether oxygens (including phenoxy) is 1. The molecule has 1 aliphatic heterocycles. The molecule has 3 rings (SSSR count). The Kier molecular flexibility index (Phi) is 7.76. The molecule has 1 aromatic rings. The quantitative estimate of drug-likeness (QED) is 0.381. The van der Waals surface area contributed by atoms with Gasteiger partial charge in [0, 0.05) is 34.1 Å². The summed E-state index contributed by atoms with van der Waals surface area (Å²) in [7, 11) is 5.43. The summed E-state index contributed by atoms with van der Waals surface area (Å²) in [6.07, 6.45) is 5.12. The summed E-state index contributed by atoms with van der Waals surface area (Å²) in [6, 6.07) is 8.16. The maximum atomic E-state index is 12.7. The zero-order valence-corrected chi connectivity index (χ0v) is 18.8. The van der Waals surface area contributed by atoms with E-state index in [4.69, 9.17) is 4.74 Å². The highest BCUT2D eigenvalue weighted by Crippen LogP contribution is 2.38. The lowest BCUT2D eigenvalue weighted by Crippen LogP contribution is -2.50. The van der Waals surface area contributed by atoms with Crippen molar-refractivity contribution in [2.45, 2.75) is 38.2 Å². The number of nitrogens with one attached hydrogen (secondary N) is 2. The van der Waals surface area contributed by atoms with E-state index in [0.29, 0.717) is 13.1 Å². The molecule has 1 amide bonds. The Morgan fingerprint density at radius 1 is 1.26 bits per heavy atom. The number of para-hydroxylation sites is 1. The molecule has 2 aliphatic rings. The first-order chi connectivity index (χ1) is 12.5. The van der Waals surface area contributed by atoms with Gasteiger partial charge in [-0.15, -0.1) is 24.0 Å². The van der Waals surface area contributed by atoms with Crippen LogP contribution in [0.2, 0.25) is 0 Å². The number of halogens is 1. The zero-order valence-electron chi connectivity index (χ0n) is 16.5. The molecule has 0 aromatic heterocycles. The number of carbonyl (C=O) groups is 1. The van der Waals surface area contributed by atoms with E-state index in [1.807, 2.05) is 32.3 Å². The molecule has 27 heavy (non-hydrogen) atoms. The van der Waals surface area contributed by atoms with E-state index < -0.39 is 0 Å². The number of carbonyl (C=O) groups excluding carboxylic acids is 1. The molecule has 1 saturated carbocycles. The van der Waals surface area contributed by atoms with Crippen LogP contribution in [0.5, 0.6) is 5.75 Å². The summed E-state index contributed by atoms with van der Waals surface area (Å²) >= 11 is 0. The number of amides is 1. The largest absolute Gasteiger partial charge is 0.488 e. The fourth-order valence-electron chi connectivity index (χ4n) is 4.04. The molecule has 7 heteroatoms. The topological polar surface area (TPSA) is 66.0 Å². The Morgan fingerprint density at radius 3 is 2.59 bits per heavy atom. The lowest BCUT2D eigenvalue weighted by atomic mass is 9.84. The third kappa shape index (κ3) is 5.06. The van der Waals surface area contributed by atoms with Crippen molar-refractivity contribution in [3.8, 4) is 5.75 Å². The van der Waals surface area contributed by atoms with E-state index in [1.54, 1.807) is 11.9 Å². The highest BCUT2D eigenvalue weighted by Gasteiger charge is 2.42. The van der Waals surface area contributed by atoms with E-state index in [0.717, 1.165) is 43.8 Å². The smallest absolute Gasteiger partial charge is 0.230 e. The monoisotopic (exact) mass is 486 g/mol. The summed E-state index contributed by atoms with van der Waals surface area (Å²) in [5, 5.41) is 6.71. The lowest BCUT2D eigenvalue weighted by Gasteiger charge is -2.31. The van der Waals surface area contributed by atoms with E-state index in [1.165, 1.54) is 5.56 Å². The highest BCUT2D eigenvalue weighted by molar-refractivity contribution is 14.0. The minimum atomic E-state index is -0.304. The molecule has 1 aromatic carbocycles. The van der Waals surface area contributed by atoms with Crippen molar-refractivity contribution >= 4 is 35.8 Å². The van der Waals surface area contributed by atoms with Gasteiger partial charge in [0.1, 0.15) is 11.9 Å². The Morgan fingerprint density at radius 2 is 1.96 bits per heavy atom. The van der Waals surface area contributed by atoms with Crippen molar-refractivity contribution in [1.82, 2.24) is 15.5 Å². The summed E-state index contributed by atoms with van der Waals surface area (Å²) in [4.78, 5) is 18.7. The van der Waals surface area contributed by atoms with Crippen LogP contribution in [0.1, 0.15) is 31.2 Å². The number of fused-ring (bicyclic) bond motifs is 1. The van der Waals surface area contributed by atoms with Crippen LogP contribution in [0.3, 0.4) is 0 Å². The van der Waals surface area contributed by atoms with Crippen molar-refractivity contribution in [1.29, 1.82) is 0 Å². The van der Waals surface area contributed by atoms with Gasteiger partial charge in [0.05, 0.1) is 12.0 Å². The molecule has 1 atom stereocenters. The fraction of sp³-hybridized carbons (Fsp3) is 0.600. The molecule has 0 radical (unpaired) electrons. The number of aliphatic imine (C=N–C) groups is 1. The number of hydrogen-bond acceptors (Lipinski definition) is 3. The third-order valence-corrected chi connectivity index (χ3v) is 5.45. The van der Waals surface area contributed by atoms with Gasteiger partial charge < -0.3 is 20.3 Å². The van der Waals surface area contributed by atoms with Crippen LogP contribution in [0.25, 0.3) is 0 Å². The van der Waals surface area contributed by atoms with Crippen LogP contribution in [0, 0.1) is 5.41 Å². The normalized spacial score (nSPS) is 20.3. The zero-order chi connectivity index (χ0) is 18.6. The maximum Gasteiger partial charge on any atom is 0.230 e. The Hall–Kier alpha value is -1.51. The van der Waals surface area contributed by atoms with Gasteiger partial charge in [0.25, 0.3) is 0 Å². The number of hydrogen-bond donors (Lipinski definition) is 2. The van der Waals surface area contributed by atoms with Crippen molar-refractivity contribution in [3.63, 3.8) is 0 Å². The van der Waals surface area contributed by atoms with Crippen LogP contribution in [-0.2, 0) is 11.2 Å². The summed E-state index contributed by atoms with van der Waals surface area (Å²) in [5.74, 6) is 1.92. The van der Waals surface area contributed by atoms with E-state index in [9.17, 15) is 4.79 Å². The van der Waals surface area contributed by atoms with Crippen molar-refractivity contribution in [2.24, 2.45) is 10.4 Å². The molecule has 1 fully saturated rings. The second-order valence-electron chi connectivity index (χ2n) is 7.55. The van der Waals surface area contributed by atoms with Gasteiger partial charge >= 0.3 is 0 Å². The standard InChI is InChI=1S/C20H30N4O2.HI/c1-21-19(22-13-16-12-15-8-4-5-9-17(15)26-16)23-14-20(10-6-7-11-20)18(25)24(2)3;/h4-5,8-9,16H,6-7,10-14H2,1-3H3,(H2,21,22,23);1H. The predicted molar refractivity (Wildman–Crippen MR) is 119 cm³/mol. The van der Waals surface area contributed by atoms with Crippen molar-refractivity contribution in [2.75, 3.05) is 34.2 Å². The number of rotatable bonds is 5. The third-order valence-electron chi connectivity index (χ3n) is 5.45. The molecule has 0 saturated heterocycles. The maximum absolute atomic E-state index is 12.7. The molecule has 6 nitrogen and oxygen atoms in total. The van der Waals surface area contributed by atoms with Gasteiger partial charge in [-0.2, -0.15) is 0 Å². The van der Waals surface area contributed by atoms with Gasteiger partial charge in [-0.05, 0) is 24.5 Å². The van der Waals surface area contributed by atoms with Crippen molar-refractivity contribution in [3.05, 3.63) is 29.8 Å². The molecule has 1 aliphatic carbocycles.